The van der Waals surface area contributed by atoms with E-state index in [4.69, 9.17) is 23.2 Å². The molecule has 122 valence electrons. The van der Waals surface area contributed by atoms with Crippen molar-refractivity contribution in [2.75, 3.05) is 4.31 Å². The smallest absolute Gasteiger partial charge is 0.327 e. The van der Waals surface area contributed by atoms with Gasteiger partial charge in [-0.05, 0) is 37.3 Å². The van der Waals surface area contributed by atoms with Crippen molar-refractivity contribution in [2.24, 2.45) is 0 Å². The van der Waals surface area contributed by atoms with Gasteiger partial charge in [0, 0.05) is 0 Å². The van der Waals surface area contributed by atoms with E-state index in [9.17, 15) is 18.3 Å². The number of sulfonamides is 1. The predicted molar refractivity (Wildman–Crippen MR) is 89.7 cm³/mol. The highest BCUT2D eigenvalue weighted by molar-refractivity contribution is 7.93. The number of hydrogen-bond acceptors (Lipinski definition) is 3. The number of carboxylic acids is 1. The van der Waals surface area contributed by atoms with Gasteiger partial charge in [0.1, 0.15) is 6.04 Å². The third-order valence-corrected chi connectivity index (χ3v) is 5.80. The average Bonchev–Trinajstić information content (AvgIpc) is 2.50. The first-order valence-corrected chi connectivity index (χ1v) is 8.72. The Morgan fingerprint density at radius 3 is 2.22 bits per heavy atom. The lowest BCUT2D eigenvalue weighted by Gasteiger charge is -2.28. The maximum Gasteiger partial charge on any atom is 0.327 e. The molecule has 0 bridgehead atoms. The average molecular weight is 374 g/mol. The van der Waals surface area contributed by atoms with Gasteiger partial charge < -0.3 is 5.11 Å². The molecule has 0 saturated carbocycles. The maximum absolute atomic E-state index is 12.9. The minimum atomic E-state index is -4.13. The summed E-state index contributed by atoms with van der Waals surface area (Å²) >= 11 is 11.7. The molecule has 1 N–H and O–H groups in total. The van der Waals surface area contributed by atoms with Gasteiger partial charge >= 0.3 is 5.97 Å². The Morgan fingerprint density at radius 1 is 1.09 bits per heavy atom. The zero-order valence-corrected chi connectivity index (χ0v) is 14.3. The van der Waals surface area contributed by atoms with Crippen molar-refractivity contribution in [3.8, 4) is 0 Å². The standard InChI is InChI=1S/C15H13Cl2NO4S/c1-10(15(19)20)18(11-5-3-2-4-6-11)23(21,22)12-7-8-13(16)14(17)9-12/h2-10H,1H3,(H,19,20). The molecule has 0 heterocycles. The molecular formula is C15H13Cl2NO4S. The maximum atomic E-state index is 12.9. The molecule has 0 spiro atoms. The van der Waals surface area contributed by atoms with Crippen LogP contribution in [0.4, 0.5) is 5.69 Å². The lowest BCUT2D eigenvalue weighted by Crippen LogP contribution is -2.43. The molecule has 0 amide bonds. The molecule has 2 rings (SSSR count). The second-order valence-electron chi connectivity index (χ2n) is 4.73. The van der Waals surface area contributed by atoms with Crippen molar-refractivity contribution in [3.05, 3.63) is 58.6 Å². The van der Waals surface area contributed by atoms with E-state index < -0.39 is 22.0 Å². The molecule has 0 fully saturated rings. The molecule has 0 saturated heterocycles. The third-order valence-electron chi connectivity index (χ3n) is 3.17. The third kappa shape index (κ3) is 3.60. The van der Waals surface area contributed by atoms with Crippen molar-refractivity contribution in [2.45, 2.75) is 17.9 Å². The zero-order valence-electron chi connectivity index (χ0n) is 12.0. The van der Waals surface area contributed by atoms with Crippen molar-refractivity contribution in [1.29, 1.82) is 0 Å². The van der Waals surface area contributed by atoms with E-state index in [0.29, 0.717) is 0 Å². The number of halogens is 2. The number of carbonyl (C=O) groups is 1. The topological polar surface area (TPSA) is 74.7 Å². The van der Waals surface area contributed by atoms with Gasteiger partial charge in [-0.2, -0.15) is 0 Å². The first-order valence-electron chi connectivity index (χ1n) is 6.52. The number of carboxylic acid groups (broad SMARTS) is 1. The summed E-state index contributed by atoms with van der Waals surface area (Å²) in [5.41, 5.74) is 0.244. The number of hydrogen-bond donors (Lipinski definition) is 1. The zero-order chi connectivity index (χ0) is 17.2. The SMILES string of the molecule is CC(C(=O)O)N(c1ccccc1)S(=O)(=O)c1ccc(Cl)c(Cl)c1. The van der Waals surface area contributed by atoms with Gasteiger partial charge in [0.15, 0.2) is 0 Å². The number of aliphatic carboxylic acids is 1. The highest BCUT2D eigenvalue weighted by Crippen LogP contribution is 2.30. The van der Waals surface area contributed by atoms with Crippen molar-refractivity contribution < 1.29 is 18.3 Å². The van der Waals surface area contributed by atoms with Crippen LogP contribution >= 0.6 is 23.2 Å². The summed E-state index contributed by atoms with van der Waals surface area (Å²) in [7, 11) is -4.13. The normalized spacial score (nSPS) is 12.7. The summed E-state index contributed by atoms with van der Waals surface area (Å²) in [6, 6.07) is 10.5. The minimum Gasteiger partial charge on any atom is -0.480 e. The Kier molecular flexibility index (Phi) is 5.19. The van der Waals surface area contributed by atoms with Gasteiger partial charge in [0.2, 0.25) is 0 Å². The quantitative estimate of drug-likeness (QED) is 0.867. The Hall–Kier alpha value is -1.76. The fourth-order valence-electron chi connectivity index (χ4n) is 2.00. The highest BCUT2D eigenvalue weighted by atomic mass is 35.5. The largest absolute Gasteiger partial charge is 0.480 e. The van der Waals surface area contributed by atoms with Crippen LogP contribution in [0.25, 0.3) is 0 Å². The minimum absolute atomic E-state index is 0.0729. The van der Waals surface area contributed by atoms with E-state index in [1.165, 1.54) is 37.3 Å². The van der Waals surface area contributed by atoms with Crippen molar-refractivity contribution in [1.82, 2.24) is 0 Å². The lowest BCUT2D eigenvalue weighted by molar-refractivity contribution is -0.137. The van der Waals surface area contributed by atoms with Gasteiger partial charge in [-0.15, -0.1) is 0 Å². The fraction of sp³-hybridized carbons (Fsp3) is 0.133. The molecule has 2 aromatic rings. The Balaban J connectivity index is 2.62. The highest BCUT2D eigenvalue weighted by Gasteiger charge is 2.33. The van der Waals surface area contributed by atoms with E-state index in [-0.39, 0.29) is 20.6 Å². The van der Waals surface area contributed by atoms with Crippen LogP contribution in [0.15, 0.2) is 53.4 Å². The molecule has 1 atom stereocenters. The van der Waals surface area contributed by atoms with Gasteiger partial charge in [-0.1, -0.05) is 41.4 Å². The van der Waals surface area contributed by atoms with E-state index in [1.807, 2.05) is 0 Å². The van der Waals surface area contributed by atoms with Crippen LogP contribution in [-0.2, 0) is 14.8 Å². The molecule has 0 aliphatic rings. The van der Waals surface area contributed by atoms with Crippen LogP contribution in [0.2, 0.25) is 10.0 Å². The monoisotopic (exact) mass is 373 g/mol. The predicted octanol–water partition coefficient (Wildman–Crippen LogP) is 3.66. The number of nitrogens with zero attached hydrogens (tertiary/aromatic N) is 1. The van der Waals surface area contributed by atoms with Crippen LogP contribution in [0.5, 0.6) is 0 Å². The second-order valence-corrected chi connectivity index (χ2v) is 7.36. The van der Waals surface area contributed by atoms with Crippen LogP contribution in [0.1, 0.15) is 6.92 Å². The van der Waals surface area contributed by atoms with Gasteiger partial charge in [0.05, 0.1) is 20.6 Å². The summed E-state index contributed by atoms with van der Waals surface area (Å²) in [4.78, 5) is 11.2. The molecule has 1 unspecified atom stereocenters. The Labute approximate surface area is 144 Å². The van der Waals surface area contributed by atoms with Gasteiger partial charge in [-0.25, -0.2) is 13.2 Å². The Bertz CT molecular complexity index is 825. The lowest BCUT2D eigenvalue weighted by atomic mass is 10.2. The van der Waals surface area contributed by atoms with Crippen LogP contribution < -0.4 is 4.31 Å². The van der Waals surface area contributed by atoms with Crippen LogP contribution in [0.3, 0.4) is 0 Å². The summed E-state index contributed by atoms with van der Waals surface area (Å²) in [6.07, 6.45) is 0. The van der Waals surface area contributed by atoms with E-state index in [0.717, 1.165) is 4.31 Å². The first kappa shape index (κ1) is 17.6. The van der Waals surface area contributed by atoms with Crippen molar-refractivity contribution >= 4 is 44.9 Å². The van der Waals surface area contributed by atoms with Gasteiger partial charge in [-0.3, -0.25) is 4.31 Å². The van der Waals surface area contributed by atoms with Crippen LogP contribution in [0, 0.1) is 0 Å². The second kappa shape index (κ2) is 6.78. The molecule has 8 heteroatoms. The van der Waals surface area contributed by atoms with Crippen LogP contribution in [-0.4, -0.2) is 25.5 Å². The molecule has 0 radical (unpaired) electrons. The summed E-state index contributed by atoms with van der Waals surface area (Å²) in [5.74, 6) is -1.27. The molecule has 23 heavy (non-hydrogen) atoms. The Morgan fingerprint density at radius 2 is 1.70 bits per heavy atom. The number of rotatable bonds is 5. The molecule has 5 nitrogen and oxygen atoms in total. The molecule has 0 aliphatic heterocycles. The van der Waals surface area contributed by atoms with E-state index in [1.54, 1.807) is 18.2 Å². The molecular weight excluding hydrogens is 361 g/mol. The molecule has 0 aliphatic carbocycles. The fourth-order valence-corrected chi connectivity index (χ4v) is 4.00. The van der Waals surface area contributed by atoms with E-state index in [2.05, 4.69) is 0 Å². The molecule has 0 aromatic heterocycles. The number of para-hydroxylation sites is 1. The summed E-state index contributed by atoms with van der Waals surface area (Å²) < 4.78 is 26.6. The van der Waals surface area contributed by atoms with E-state index >= 15 is 0 Å². The van der Waals surface area contributed by atoms with Gasteiger partial charge in [0.25, 0.3) is 10.0 Å². The molecule has 2 aromatic carbocycles. The summed E-state index contributed by atoms with van der Waals surface area (Å²) in [6.45, 7) is 1.30. The first-order chi connectivity index (χ1) is 10.7. The summed E-state index contributed by atoms with van der Waals surface area (Å²) in [5, 5.41) is 9.55. The van der Waals surface area contributed by atoms with Crippen molar-refractivity contribution in [3.63, 3.8) is 0 Å². The number of benzene rings is 2. The number of anilines is 1.